The highest BCUT2D eigenvalue weighted by Crippen LogP contribution is 2.29. The number of primary amides is 1. The Balaban J connectivity index is 1.98. The van der Waals surface area contributed by atoms with E-state index in [0.29, 0.717) is 5.92 Å². The minimum absolute atomic E-state index is 0.191. The minimum Gasteiger partial charge on any atom is -0.364 e. The second-order valence-corrected chi connectivity index (χ2v) is 7.99. The summed E-state index contributed by atoms with van der Waals surface area (Å²) in [5, 5.41) is -0.191. The highest BCUT2D eigenvalue weighted by molar-refractivity contribution is 7.91. The second-order valence-electron chi connectivity index (χ2n) is 5.66. The summed E-state index contributed by atoms with van der Waals surface area (Å²) in [5.41, 5.74) is 5.50. The quantitative estimate of drug-likeness (QED) is 0.893. The molecule has 20 heavy (non-hydrogen) atoms. The molecule has 1 aromatic heterocycles. The van der Waals surface area contributed by atoms with E-state index >= 15 is 0 Å². The first-order valence-electron chi connectivity index (χ1n) is 6.80. The van der Waals surface area contributed by atoms with Crippen LogP contribution in [0, 0.1) is 12.8 Å². The van der Waals surface area contributed by atoms with Gasteiger partial charge in [-0.15, -0.1) is 0 Å². The van der Waals surface area contributed by atoms with Crippen molar-refractivity contribution >= 4 is 15.7 Å². The summed E-state index contributed by atoms with van der Waals surface area (Å²) >= 11 is 0. The molecule has 112 valence electrons. The average molecular weight is 299 g/mol. The molecule has 0 atom stereocenters. The van der Waals surface area contributed by atoms with Gasteiger partial charge in [0.1, 0.15) is 21.4 Å². The molecule has 0 radical (unpaired) electrons. The van der Waals surface area contributed by atoms with Gasteiger partial charge in [0, 0.05) is 19.0 Å². The Morgan fingerprint density at radius 2 is 2.00 bits per heavy atom. The third kappa shape index (κ3) is 3.39. The third-order valence-electron chi connectivity index (χ3n) is 4.08. The fraction of sp³-hybridized carbons (Fsp3) is 0.692. The topological polar surface area (TPSA) is 95.0 Å². The van der Waals surface area contributed by atoms with Crippen molar-refractivity contribution in [3.63, 3.8) is 0 Å². The van der Waals surface area contributed by atoms with E-state index in [1.165, 1.54) is 6.26 Å². The van der Waals surface area contributed by atoms with Gasteiger partial charge in [-0.3, -0.25) is 4.79 Å². The number of rotatable bonds is 4. The maximum atomic E-state index is 11.5. The fourth-order valence-corrected chi connectivity index (χ4v) is 3.96. The maximum absolute atomic E-state index is 11.5. The molecule has 0 saturated heterocycles. The predicted octanol–water partition coefficient (Wildman–Crippen LogP) is 0.894. The van der Waals surface area contributed by atoms with Gasteiger partial charge >= 0.3 is 0 Å². The largest absolute Gasteiger partial charge is 0.364 e. The number of hydrogen-bond acceptors (Lipinski definition) is 4. The number of carbonyl (C=O) groups excluding carboxylic acids is 1. The smallest absolute Gasteiger partial charge is 0.268 e. The molecule has 0 aromatic carbocycles. The summed E-state index contributed by atoms with van der Waals surface area (Å²) in [5.74, 6) is 0.679. The van der Waals surface area contributed by atoms with Crippen LogP contribution in [-0.2, 0) is 16.4 Å². The van der Waals surface area contributed by atoms with Crippen molar-refractivity contribution < 1.29 is 13.2 Å². The third-order valence-corrected chi connectivity index (χ3v) is 5.77. The van der Waals surface area contributed by atoms with Gasteiger partial charge in [-0.1, -0.05) is 0 Å². The molecule has 1 amide bonds. The van der Waals surface area contributed by atoms with Crippen molar-refractivity contribution in [1.82, 2.24) is 9.55 Å². The number of aryl methyl sites for hydroxylation is 1. The number of nitrogens with zero attached hydrogens (tertiary/aromatic N) is 2. The molecular formula is C13H21N3O3S. The van der Waals surface area contributed by atoms with Crippen molar-refractivity contribution in [2.24, 2.45) is 11.7 Å². The molecule has 0 unspecified atom stereocenters. The molecule has 1 aliphatic rings. The normalized spacial score (nSPS) is 23.7. The van der Waals surface area contributed by atoms with Crippen LogP contribution in [0.3, 0.4) is 0 Å². The molecule has 2 N–H and O–H groups in total. The monoisotopic (exact) mass is 299 g/mol. The van der Waals surface area contributed by atoms with Crippen molar-refractivity contribution in [3.05, 3.63) is 17.7 Å². The Bertz CT molecular complexity index is 598. The minimum atomic E-state index is -2.92. The summed E-state index contributed by atoms with van der Waals surface area (Å²) in [6.07, 6.45) is 6.22. The molecule has 0 aliphatic heterocycles. The van der Waals surface area contributed by atoms with E-state index in [1.54, 1.807) is 6.20 Å². The van der Waals surface area contributed by atoms with Gasteiger partial charge in [0.25, 0.3) is 5.91 Å². The lowest BCUT2D eigenvalue weighted by Gasteiger charge is -2.27. The molecule has 1 aliphatic carbocycles. The molecule has 1 heterocycles. The van der Waals surface area contributed by atoms with Crippen LogP contribution in [0.1, 0.15) is 42.0 Å². The Kier molecular flexibility index (Phi) is 4.17. The Labute approximate surface area is 119 Å². The summed E-state index contributed by atoms with van der Waals surface area (Å²) < 4.78 is 25.0. The molecule has 2 rings (SSSR count). The van der Waals surface area contributed by atoms with Crippen LogP contribution in [0.5, 0.6) is 0 Å². The Morgan fingerprint density at radius 3 is 2.45 bits per heavy atom. The van der Waals surface area contributed by atoms with E-state index in [2.05, 4.69) is 4.98 Å². The van der Waals surface area contributed by atoms with E-state index in [1.807, 2.05) is 11.5 Å². The van der Waals surface area contributed by atoms with Crippen LogP contribution in [0.15, 0.2) is 6.20 Å². The van der Waals surface area contributed by atoms with Crippen molar-refractivity contribution in [1.29, 1.82) is 0 Å². The number of sulfone groups is 1. The Morgan fingerprint density at radius 1 is 1.40 bits per heavy atom. The average Bonchev–Trinajstić information content (AvgIpc) is 2.71. The highest BCUT2D eigenvalue weighted by Gasteiger charge is 2.28. The molecule has 7 heteroatoms. The Hall–Kier alpha value is -1.37. The molecule has 6 nitrogen and oxygen atoms in total. The fourth-order valence-electron chi connectivity index (χ4n) is 2.83. The molecule has 0 spiro atoms. The molecule has 1 fully saturated rings. The van der Waals surface area contributed by atoms with E-state index in [0.717, 1.165) is 38.1 Å². The van der Waals surface area contributed by atoms with Crippen LogP contribution >= 0.6 is 0 Å². The van der Waals surface area contributed by atoms with Gasteiger partial charge in [-0.25, -0.2) is 13.4 Å². The van der Waals surface area contributed by atoms with E-state index in [-0.39, 0.29) is 10.9 Å². The van der Waals surface area contributed by atoms with Gasteiger partial charge in [0.05, 0.1) is 5.25 Å². The van der Waals surface area contributed by atoms with Gasteiger partial charge in [0.2, 0.25) is 0 Å². The van der Waals surface area contributed by atoms with Gasteiger partial charge in [-0.2, -0.15) is 0 Å². The lowest BCUT2D eigenvalue weighted by atomic mass is 9.89. The first-order chi connectivity index (χ1) is 9.27. The number of aromatic nitrogens is 2. The second kappa shape index (κ2) is 5.55. The summed E-state index contributed by atoms with van der Waals surface area (Å²) in [7, 11) is -2.92. The van der Waals surface area contributed by atoms with Crippen LogP contribution in [0.4, 0.5) is 0 Å². The zero-order valence-electron chi connectivity index (χ0n) is 11.9. The summed E-state index contributed by atoms with van der Waals surface area (Å²) in [6, 6.07) is 0. The molecular weight excluding hydrogens is 278 g/mol. The van der Waals surface area contributed by atoms with Gasteiger partial charge in [0.15, 0.2) is 0 Å². The van der Waals surface area contributed by atoms with Crippen LogP contribution in [-0.4, -0.2) is 35.4 Å². The standard InChI is InChI=1S/C13H21N3O3S/c1-9-15-12(13(14)17)8-16(9)7-10-3-5-11(6-4-10)20(2,18)19/h8,10-11H,3-7H2,1-2H3,(H2,14,17). The number of carbonyl (C=O) groups is 1. The van der Waals surface area contributed by atoms with E-state index in [9.17, 15) is 13.2 Å². The zero-order chi connectivity index (χ0) is 14.9. The number of nitrogens with two attached hydrogens (primary N) is 1. The number of amides is 1. The van der Waals surface area contributed by atoms with Gasteiger partial charge < -0.3 is 10.3 Å². The molecule has 1 saturated carbocycles. The van der Waals surface area contributed by atoms with E-state index in [4.69, 9.17) is 5.73 Å². The lowest BCUT2D eigenvalue weighted by molar-refractivity contribution is 0.0995. The molecule has 0 bridgehead atoms. The first kappa shape index (κ1) is 15.0. The summed E-state index contributed by atoms with van der Waals surface area (Å²) in [6.45, 7) is 2.61. The predicted molar refractivity (Wildman–Crippen MR) is 76.1 cm³/mol. The van der Waals surface area contributed by atoms with E-state index < -0.39 is 15.7 Å². The zero-order valence-corrected chi connectivity index (χ0v) is 12.7. The lowest BCUT2D eigenvalue weighted by Crippen LogP contribution is -2.27. The number of hydrogen-bond donors (Lipinski definition) is 1. The van der Waals surface area contributed by atoms with Crippen LogP contribution in [0.2, 0.25) is 0 Å². The van der Waals surface area contributed by atoms with Crippen molar-refractivity contribution in [3.8, 4) is 0 Å². The van der Waals surface area contributed by atoms with Crippen LogP contribution in [0.25, 0.3) is 0 Å². The van der Waals surface area contributed by atoms with Crippen molar-refractivity contribution in [2.45, 2.75) is 44.4 Å². The number of imidazole rings is 1. The SMILES string of the molecule is Cc1nc(C(N)=O)cn1CC1CCC(S(C)(=O)=O)CC1. The highest BCUT2D eigenvalue weighted by atomic mass is 32.2. The summed E-state index contributed by atoms with van der Waals surface area (Å²) in [4.78, 5) is 15.2. The molecule has 1 aromatic rings. The van der Waals surface area contributed by atoms with Crippen LogP contribution < -0.4 is 5.73 Å². The maximum Gasteiger partial charge on any atom is 0.268 e. The van der Waals surface area contributed by atoms with Crippen molar-refractivity contribution in [2.75, 3.05) is 6.26 Å². The first-order valence-corrected chi connectivity index (χ1v) is 8.75. The van der Waals surface area contributed by atoms with Gasteiger partial charge in [-0.05, 0) is 38.5 Å².